The molecule has 2 heterocycles. The van der Waals surface area contributed by atoms with Crippen LogP contribution in [0.1, 0.15) is 17.4 Å². The molecule has 0 spiro atoms. The van der Waals surface area contributed by atoms with Gasteiger partial charge in [0.1, 0.15) is 17.6 Å². The van der Waals surface area contributed by atoms with Crippen molar-refractivity contribution in [2.24, 2.45) is 0 Å². The van der Waals surface area contributed by atoms with Crippen molar-refractivity contribution in [3.63, 3.8) is 0 Å². The highest BCUT2D eigenvalue weighted by atomic mass is 16.3. The Morgan fingerprint density at radius 1 is 0.667 bits per heavy atom. The molecule has 0 atom stereocenters. The summed E-state index contributed by atoms with van der Waals surface area (Å²) < 4.78 is 0. The second-order valence-electron chi connectivity index (χ2n) is 8.96. The highest BCUT2D eigenvalue weighted by molar-refractivity contribution is 5.63. The zero-order valence-corrected chi connectivity index (χ0v) is 20.1. The molecule has 0 aliphatic carbocycles. The zero-order valence-electron chi connectivity index (χ0n) is 20.1. The van der Waals surface area contributed by atoms with Crippen LogP contribution < -0.4 is 9.80 Å². The Labute approximate surface area is 210 Å². The average Bonchev–Trinajstić information content (AvgIpc) is 3.54. The number of para-hydroxylation sites is 2. The molecule has 1 aliphatic heterocycles. The number of nitrogens with zero attached hydrogens (tertiary/aromatic N) is 5. The number of phenolic OH excluding ortho intramolecular Hbond substituents is 1. The highest BCUT2D eigenvalue weighted by Gasteiger charge is 2.35. The first-order valence-corrected chi connectivity index (χ1v) is 12.1. The van der Waals surface area contributed by atoms with Gasteiger partial charge in [-0.15, -0.1) is 5.10 Å². The topological polar surface area (TPSA) is 57.4 Å². The number of phenols is 1. The summed E-state index contributed by atoms with van der Waals surface area (Å²) in [6, 6.07) is 36.5. The number of aromatic hydroxyl groups is 1. The van der Waals surface area contributed by atoms with E-state index >= 15 is 0 Å². The second kappa shape index (κ2) is 9.23. The monoisotopic (exact) mass is 473 g/mol. The summed E-state index contributed by atoms with van der Waals surface area (Å²) in [5, 5.41) is 20.7. The van der Waals surface area contributed by atoms with Crippen LogP contribution >= 0.6 is 0 Å². The fourth-order valence-electron chi connectivity index (χ4n) is 4.98. The van der Waals surface area contributed by atoms with Gasteiger partial charge in [-0.05, 0) is 43.3 Å². The Morgan fingerprint density at radius 2 is 1.22 bits per heavy atom. The van der Waals surface area contributed by atoms with Gasteiger partial charge >= 0.3 is 0 Å². The highest BCUT2D eigenvalue weighted by Crippen LogP contribution is 2.41. The van der Waals surface area contributed by atoms with Crippen LogP contribution in [0, 0.1) is 6.92 Å². The molecule has 1 aliphatic rings. The lowest BCUT2D eigenvalue weighted by atomic mass is 10.1. The molecule has 0 saturated carbocycles. The summed E-state index contributed by atoms with van der Waals surface area (Å²) in [6.45, 7) is 3.66. The minimum Gasteiger partial charge on any atom is -0.507 e. The van der Waals surface area contributed by atoms with Crippen molar-refractivity contribution in [2.45, 2.75) is 13.1 Å². The molecule has 1 N–H and O–H groups in total. The number of rotatable bonds is 5. The molecule has 4 aromatic carbocycles. The van der Waals surface area contributed by atoms with Crippen LogP contribution in [0.5, 0.6) is 5.75 Å². The Kier molecular flexibility index (Phi) is 5.62. The summed E-state index contributed by atoms with van der Waals surface area (Å²) in [4.78, 5) is 6.27. The number of aryl methyl sites for hydroxylation is 1. The van der Waals surface area contributed by atoms with E-state index < -0.39 is 0 Å². The lowest BCUT2D eigenvalue weighted by Crippen LogP contribution is -2.31. The molecule has 0 radical (unpaired) electrons. The molecular formula is C30H27N5O. The molecule has 0 unspecified atom stereocenters. The van der Waals surface area contributed by atoms with Crippen molar-refractivity contribution >= 4 is 11.4 Å². The van der Waals surface area contributed by atoms with Gasteiger partial charge < -0.3 is 14.9 Å². The van der Waals surface area contributed by atoms with Crippen LogP contribution in [0.3, 0.4) is 0 Å². The van der Waals surface area contributed by atoms with Crippen molar-refractivity contribution in [2.75, 3.05) is 22.9 Å². The van der Waals surface area contributed by atoms with Crippen molar-refractivity contribution < 1.29 is 5.11 Å². The van der Waals surface area contributed by atoms with Gasteiger partial charge in [-0.25, -0.2) is 0 Å². The summed E-state index contributed by atoms with van der Waals surface area (Å²) >= 11 is 0. The molecule has 178 valence electrons. The van der Waals surface area contributed by atoms with Gasteiger partial charge in [0.2, 0.25) is 0 Å². The first-order chi connectivity index (χ1) is 17.7. The van der Waals surface area contributed by atoms with E-state index in [1.54, 1.807) is 10.9 Å². The fraction of sp³-hybridized carbons (Fsp3) is 0.133. The van der Waals surface area contributed by atoms with Gasteiger partial charge in [-0.2, -0.15) is 9.90 Å². The SMILES string of the molecule is Cc1nn(-c2ccc(C3N(c4ccccc4)CCN3c3ccccc3)c(O)c2)nc1-c1ccccc1. The minimum absolute atomic E-state index is 0.143. The number of aromatic nitrogens is 3. The largest absolute Gasteiger partial charge is 0.507 e. The van der Waals surface area contributed by atoms with E-state index in [-0.39, 0.29) is 11.9 Å². The van der Waals surface area contributed by atoms with Crippen molar-refractivity contribution in [3.8, 4) is 22.7 Å². The standard InChI is InChI=1S/C30H27N5O/c1-22-29(23-11-5-2-6-12-23)32-35(31-22)26-17-18-27(28(36)21-26)30-33(24-13-7-3-8-14-24)19-20-34(30)25-15-9-4-10-16-25/h2-18,21,30,36H,19-20H2,1H3. The Hall–Kier alpha value is -4.58. The molecule has 5 aromatic rings. The molecule has 6 rings (SSSR count). The van der Waals surface area contributed by atoms with Gasteiger partial charge in [0.05, 0.1) is 11.4 Å². The van der Waals surface area contributed by atoms with Crippen molar-refractivity contribution in [1.29, 1.82) is 0 Å². The van der Waals surface area contributed by atoms with E-state index in [0.29, 0.717) is 0 Å². The van der Waals surface area contributed by atoms with Gasteiger partial charge in [0.25, 0.3) is 0 Å². The van der Waals surface area contributed by atoms with Crippen molar-refractivity contribution in [3.05, 3.63) is 120 Å². The van der Waals surface area contributed by atoms with Gasteiger partial charge in [0, 0.05) is 41.7 Å². The summed E-state index contributed by atoms with van der Waals surface area (Å²) in [7, 11) is 0. The van der Waals surface area contributed by atoms with Crippen LogP contribution in [-0.2, 0) is 0 Å². The molecule has 6 nitrogen and oxygen atoms in total. The maximum Gasteiger partial charge on any atom is 0.132 e. The first kappa shape index (κ1) is 21.9. The predicted octanol–water partition coefficient (Wildman–Crippen LogP) is 5.97. The van der Waals surface area contributed by atoms with Crippen LogP contribution in [0.2, 0.25) is 0 Å². The molecule has 36 heavy (non-hydrogen) atoms. The Bertz CT molecular complexity index is 1420. The summed E-state index contributed by atoms with van der Waals surface area (Å²) in [6.07, 6.45) is -0.143. The third kappa shape index (κ3) is 3.96. The minimum atomic E-state index is -0.143. The molecule has 0 amide bonds. The smallest absolute Gasteiger partial charge is 0.132 e. The third-order valence-electron chi connectivity index (χ3n) is 6.70. The normalized spacial score (nSPS) is 13.9. The number of hydrogen-bond acceptors (Lipinski definition) is 5. The maximum absolute atomic E-state index is 11.3. The third-order valence-corrected chi connectivity index (χ3v) is 6.70. The number of benzene rings is 4. The molecular weight excluding hydrogens is 446 g/mol. The summed E-state index contributed by atoms with van der Waals surface area (Å²) in [5.74, 6) is 0.220. The lowest BCUT2D eigenvalue weighted by molar-refractivity contribution is 0.460. The van der Waals surface area contributed by atoms with Crippen LogP contribution in [-0.4, -0.2) is 33.2 Å². The fourth-order valence-corrected chi connectivity index (χ4v) is 4.98. The molecule has 1 saturated heterocycles. The van der Waals surface area contributed by atoms with E-state index in [0.717, 1.165) is 52.7 Å². The van der Waals surface area contributed by atoms with Gasteiger partial charge in [-0.1, -0.05) is 66.7 Å². The van der Waals surface area contributed by atoms with Crippen LogP contribution in [0.25, 0.3) is 16.9 Å². The van der Waals surface area contributed by atoms with Crippen molar-refractivity contribution in [1.82, 2.24) is 15.0 Å². The quantitative estimate of drug-likeness (QED) is 0.341. The maximum atomic E-state index is 11.3. The second-order valence-corrected chi connectivity index (χ2v) is 8.96. The van der Waals surface area contributed by atoms with E-state index in [1.165, 1.54) is 0 Å². The van der Waals surface area contributed by atoms with Crippen LogP contribution in [0.15, 0.2) is 109 Å². The number of hydrogen-bond donors (Lipinski definition) is 1. The van der Waals surface area contributed by atoms with E-state index in [4.69, 9.17) is 5.10 Å². The molecule has 6 heteroatoms. The van der Waals surface area contributed by atoms with Gasteiger partial charge in [-0.3, -0.25) is 0 Å². The van der Waals surface area contributed by atoms with E-state index in [1.807, 2.05) is 61.5 Å². The average molecular weight is 474 g/mol. The zero-order chi connectivity index (χ0) is 24.5. The van der Waals surface area contributed by atoms with Gasteiger partial charge in [0.15, 0.2) is 0 Å². The number of anilines is 2. The Morgan fingerprint density at radius 3 is 1.78 bits per heavy atom. The molecule has 1 fully saturated rings. The van der Waals surface area contributed by atoms with E-state index in [2.05, 4.69) is 63.4 Å². The van der Waals surface area contributed by atoms with E-state index in [9.17, 15) is 5.11 Å². The first-order valence-electron chi connectivity index (χ1n) is 12.1. The molecule has 0 bridgehead atoms. The Balaban J connectivity index is 1.39. The summed E-state index contributed by atoms with van der Waals surface area (Å²) in [5.41, 5.74) is 6.51. The lowest BCUT2D eigenvalue weighted by Gasteiger charge is -2.33. The molecule has 1 aromatic heterocycles. The van der Waals surface area contributed by atoms with Crippen LogP contribution in [0.4, 0.5) is 11.4 Å². The predicted molar refractivity (Wildman–Crippen MR) is 144 cm³/mol.